The summed E-state index contributed by atoms with van der Waals surface area (Å²) in [5, 5.41) is 26.9. The molecule has 2 unspecified atom stereocenters. The Kier molecular flexibility index (Phi) is 11.1. The maximum absolute atomic E-state index is 12.6. The van der Waals surface area contributed by atoms with Gasteiger partial charge in [0.2, 0.25) is 12.0 Å². The van der Waals surface area contributed by atoms with Gasteiger partial charge in [-0.2, -0.15) is 0 Å². The quantitative estimate of drug-likeness (QED) is 0.128. The molecule has 0 aromatic heterocycles. The van der Waals surface area contributed by atoms with Crippen molar-refractivity contribution in [1.82, 2.24) is 10.6 Å². The number of urea groups is 1. The predicted octanol–water partition coefficient (Wildman–Crippen LogP) is 3.10. The van der Waals surface area contributed by atoms with Crippen LogP contribution in [0.5, 0.6) is 0 Å². The van der Waals surface area contributed by atoms with Crippen molar-refractivity contribution in [1.29, 1.82) is 0 Å². The lowest BCUT2D eigenvalue weighted by atomic mass is 10.1. The Balaban J connectivity index is 1.51. The van der Waals surface area contributed by atoms with Crippen LogP contribution < -0.4 is 15.5 Å². The van der Waals surface area contributed by atoms with E-state index in [1.165, 1.54) is 24.3 Å². The number of nitrogens with zero attached hydrogens (tertiary/aromatic N) is 2. The van der Waals surface area contributed by atoms with Gasteiger partial charge in [0, 0.05) is 60.7 Å². The monoisotopic (exact) mass is 646 g/mol. The number of fused-ring (bicyclic) bond motifs is 1. The molecule has 2 fully saturated rings. The molecule has 5 atom stereocenters. The fourth-order valence-electron chi connectivity index (χ4n) is 4.60. The fourth-order valence-corrected chi connectivity index (χ4v) is 5.10. The number of nitro groups is 1. The number of anilines is 1. The zero-order chi connectivity index (χ0) is 30.3. The van der Waals surface area contributed by atoms with Gasteiger partial charge in [-0.1, -0.05) is 12.1 Å². The molecule has 228 valence electrons. The van der Waals surface area contributed by atoms with E-state index in [0.717, 1.165) is 5.69 Å². The van der Waals surface area contributed by atoms with Gasteiger partial charge in [-0.3, -0.25) is 10.1 Å². The second kappa shape index (κ2) is 14.5. The van der Waals surface area contributed by atoms with Gasteiger partial charge in [0.1, 0.15) is 18.8 Å². The van der Waals surface area contributed by atoms with Crippen LogP contribution >= 0.6 is 34.8 Å². The first-order valence-corrected chi connectivity index (χ1v) is 14.5. The van der Waals surface area contributed by atoms with Crippen LogP contribution in [-0.2, 0) is 18.9 Å². The van der Waals surface area contributed by atoms with Crippen molar-refractivity contribution in [3.63, 3.8) is 0 Å². The maximum atomic E-state index is 12.6. The first kappa shape index (κ1) is 32.0. The number of amides is 2. The van der Waals surface area contributed by atoms with E-state index in [-0.39, 0.29) is 30.3 Å². The number of benzene rings is 2. The van der Waals surface area contributed by atoms with Gasteiger partial charge in [0.15, 0.2) is 6.29 Å². The van der Waals surface area contributed by atoms with Gasteiger partial charge in [-0.25, -0.2) is 9.59 Å². The highest BCUT2D eigenvalue weighted by Gasteiger charge is 2.65. The third-order valence-corrected chi connectivity index (χ3v) is 7.15. The molecule has 2 aliphatic heterocycles. The lowest BCUT2D eigenvalue weighted by Gasteiger charge is -2.29. The summed E-state index contributed by atoms with van der Waals surface area (Å²) >= 11 is 17.5. The summed E-state index contributed by atoms with van der Waals surface area (Å²) in [6, 6.07) is 11.4. The maximum Gasteiger partial charge on any atom is 0.338 e. The minimum Gasteiger partial charge on any atom is -0.459 e. The number of carbonyl (C=O) groups excluding carboxylic acids is 2. The lowest BCUT2D eigenvalue weighted by Crippen LogP contribution is -2.62. The Morgan fingerprint density at radius 2 is 1.69 bits per heavy atom. The third kappa shape index (κ3) is 7.17. The van der Waals surface area contributed by atoms with Gasteiger partial charge in [0.05, 0.1) is 10.5 Å². The minimum atomic E-state index is -1.85. The molecule has 16 heteroatoms. The normalized spacial score (nSPS) is 24.6. The van der Waals surface area contributed by atoms with Crippen LogP contribution in [0.1, 0.15) is 22.2 Å². The zero-order valence-electron chi connectivity index (χ0n) is 22.1. The van der Waals surface area contributed by atoms with E-state index < -0.39 is 47.4 Å². The number of non-ortho nitro benzene ring substituents is 1. The van der Waals surface area contributed by atoms with E-state index in [9.17, 15) is 24.8 Å². The van der Waals surface area contributed by atoms with E-state index in [2.05, 4.69) is 10.6 Å². The van der Waals surface area contributed by atoms with Gasteiger partial charge < -0.3 is 39.6 Å². The molecule has 42 heavy (non-hydrogen) atoms. The van der Waals surface area contributed by atoms with Crippen LogP contribution in [0.15, 0.2) is 48.5 Å². The van der Waals surface area contributed by atoms with E-state index in [1.807, 2.05) is 17.0 Å². The molecule has 2 amide bonds. The summed E-state index contributed by atoms with van der Waals surface area (Å²) in [4.78, 5) is 37.5. The number of hydrogen-bond acceptors (Lipinski definition) is 10. The van der Waals surface area contributed by atoms with Crippen LogP contribution in [0, 0.1) is 10.1 Å². The van der Waals surface area contributed by atoms with E-state index in [0.29, 0.717) is 30.4 Å². The molecule has 0 spiro atoms. The van der Waals surface area contributed by atoms with Crippen molar-refractivity contribution in [3.8, 4) is 0 Å². The number of carbonyl (C=O) groups is 2. The van der Waals surface area contributed by atoms with Crippen molar-refractivity contribution in [2.75, 3.05) is 48.8 Å². The standard InChI is InChI=1S/C26H29Cl3N4O9/c27-9-12-30-25(36)31-26-21(41-23(42-26)17-3-5-18(6-4-17)32(13-10-28)14-11-29)20(40-24(26)35)15-39-22(34)16-1-7-19(8-2-16)33(37)38/h1-8,20-21,23-24,35H,9-15H2,(H2,30,31,36)/t20-,21-,23?,24?,26-/m1/s1. The van der Waals surface area contributed by atoms with Crippen LogP contribution in [0.25, 0.3) is 0 Å². The predicted molar refractivity (Wildman–Crippen MR) is 153 cm³/mol. The summed E-state index contributed by atoms with van der Waals surface area (Å²) < 4.78 is 23.2. The molecule has 0 bridgehead atoms. The third-order valence-electron chi connectivity index (χ3n) is 6.62. The number of rotatable bonds is 13. The first-order valence-electron chi connectivity index (χ1n) is 12.9. The number of ether oxygens (including phenoxy) is 4. The lowest BCUT2D eigenvalue weighted by molar-refractivity contribution is -0.384. The fraction of sp³-hybridized carbons (Fsp3) is 0.462. The molecular weight excluding hydrogens is 619 g/mol. The van der Waals surface area contributed by atoms with Gasteiger partial charge in [0.25, 0.3) is 5.69 Å². The molecule has 2 aliphatic rings. The number of nitro benzene ring substituents is 1. The molecule has 4 rings (SSSR count). The number of aliphatic hydroxyl groups excluding tert-OH is 1. The number of alkyl halides is 3. The molecule has 3 N–H and O–H groups in total. The van der Waals surface area contributed by atoms with Crippen LogP contribution in [0.4, 0.5) is 16.2 Å². The first-order chi connectivity index (χ1) is 20.2. The molecule has 2 heterocycles. The van der Waals surface area contributed by atoms with Crippen LogP contribution in [-0.4, -0.2) is 90.1 Å². The summed E-state index contributed by atoms with van der Waals surface area (Å²) in [6.45, 7) is 0.958. The van der Waals surface area contributed by atoms with E-state index in [4.69, 9.17) is 53.8 Å². The van der Waals surface area contributed by atoms with Gasteiger partial charge in [-0.15, -0.1) is 34.8 Å². The topological polar surface area (TPSA) is 162 Å². The zero-order valence-corrected chi connectivity index (χ0v) is 24.4. The second-order valence-corrected chi connectivity index (χ2v) is 10.4. The number of nitrogens with one attached hydrogen (secondary N) is 2. The summed E-state index contributed by atoms with van der Waals surface area (Å²) in [6.07, 6.45) is -4.88. The summed E-state index contributed by atoms with van der Waals surface area (Å²) in [5.74, 6) is 0.214. The van der Waals surface area contributed by atoms with Crippen LogP contribution in [0.3, 0.4) is 0 Å². The molecular formula is C26H29Cl3N4O9. The van der Waals surface area contributed by atoms with Crippen molar-refractivity contribution < 1.29 is 38.6 Å². The summed E-state index contributed by atoms with van der Waals surface area (Å²) in [7, 11) is 0. The Morgan fingerprint density at radius 1 is 1.02 bits per heavy atom. The highest BCUT2D eigenvalue weighted by atomic mass is 35.5. The van der Waals surface area contributed by atoms with Gasteiger partial charge in [-0.05, 0) is 24.3 Å². The molecule has 2 saturated heterocycles. The van der Waals surface area contributed by atoms with Crippen molar-refractivity contribution in [3.05, 3.63) is 69.8 Å². The SMILES string of the molecule is O=C(NCCCl)N[C@@]12OC(c3ccc(N(CCCl)CCCl)cc3)O[C@@H]1[C@@H](COC(=O)c1ccc([N+](=O)[O-])cc1)OC2O. The molecule has 13 nitrogen and oxygen atoms in total. The minimum absolute atomic E-state index is 0.0721. The molecule has 0 saturated carbocycles. The second-order valence-electron chi connectivity index (χ2n) is 9.26. The Hall–Kier alpha value is -2.91. The Morgan fingerprint density at radius 3 is 2.29 bits per heavy atom. The van der Waals surface area contributed by atoms with Crippen molar-refractivity contribution >= 4 is 58.2 Å². The molecule has 2 aromatic carbocycles. The molecule has 2 aromatic rings. The summed E-state index contributed by atoms with van der Waals surface area (Å²) in [5.41, 5.74) is -0.499. The van der Waals surface area contributed by atoms with Gasteiger partial charge >= 0.3 is 12.0 Å². The highest BCUT2D eigenvalue weighted by molar-refractivity contribution is 6.18. The van der Waals surface area contributed by atoms with E-state index >= 15 is 0 Å². The van der Waals surface area contributed by atoms with Crippen LogP contribution in [0.2, 0.25) is 0 Å². The number of esters is 1. The largest absolute Gasteiger partial charge is 0.459 e. The number of hydrogen-bond donors (Lipinski definition) is 3. The smallest absolute Gasteiger partial charge is 0.338 e. The highest BCUT2D eigenvalue weighted by Crippen LogP contribution is 2.46. The number of halogens is 3. The Bertz CT molecular complexity index is 1230. The van der Waals surface area contributed by atoms with Crippen molar-refractivity contribution in [2.24, 2.45) is 0 Å². The Labute approximate surface area is 256 Å². The molecule has 0 radical (unpaired) electrons. The number of aliphatic hydroxyl groups is 1. The van der Waals surface area contributed by atoms with Crippen molar-refractivity contribution in [2.45, 2.75) is 30.5 Å². The average molecular weight is 648 g/mol. The average Bonchev–Trinajstić information content (AvgIpc) is 3.48. The molecule has 0 aliphatic carbocycles. The van der Waals surface area contributed by atoms with E-state index in [1.54, 1.807) is 12.1 Å².